The van der Waals surface area contributed by atoms with Crippen molar-refractivity contribution in [2.24, 2.45) is 0 Å². The van der Waals surface area contributed by atoms with Gasteiger partial charge in [-0.15, -0.1) is 0 Å². The summed E-state index contributed by atoms with van der Waals surface area (Å²) >= 11 is 0. The Bertz CT molecular complexity index is 408. The van der Waals surface area contributed by atoms with E-state index < -0.39 is 0 Å². The number of methoxy groups -OCH3 is 1. The number of likely N-dealkylation sites (tertiary alicyclic amines) is 1. The maximum atomic E-state index is 5.19. The first-order chi connectivity index (χ1) is 9.85. The number of piperazine rings is 1. The summed E-state index contributed by atoms with van der Waals surface area (Å²) in [4.78, 5) is 5.21. The van der Waals surface area contributed by atoms with Gasteiger partial charge in [-0.2, -0.15) is 0 Å². The van der Waals surface area contributed by atoms with Crippen molar-refractivity contribution in [1.29, 1.82) is 0 Å². The molecular formula is C16H25N3O. The largest absolute Gasteiger partial charge is 0.497 e. The normalized spacial score (nSPS) is 21.6. The molecule has 0 bridgehead atoms. The summed E-state index contributed by atoms with van der Waals surface area (Å²) in [5.74, 6) is 0.941. The van der Waals surface area contributed by atoms with Crippen LogP contribution >= 0.6 is 0 Å². The van der Waals surface area contributed by atoms with Gasteiger partial charge in [-0.1, -0.05) is 12.1 Å². The minimum Gasteiger partial charge on any atom is -0.497 e. The zero-order valence-corrected chi connectivity index (χ0v) is 12.3. The van der Waals surface area contributed by atoms with Crippen LogP contribution in [0.1, 0.15) is 5.56 Å². The number of ether oxygens (including phenoxy) is 1. The first kappa shape index (κ1) is 13.9. The van der Waals surface area contributed by atoms with E-state index in [1.54, 1.807) is 7.11 Å². The molecule has 0 amide bonds. The number of nitrogens with zero attached hydrogens (tertiary/aromatic N) is 2. The second kappa shape index (κ2) is 6.57. The Kier molecular flexibility index (Phi) is 4.55. The average Bonchev–Trinajstić information content (AvgIpc) is 2.47. The Labute approximate surface area is 121 Å². The Morgan fingerprint density at radius 2 is 1.85 bits per heavy atom. The van der Waals surface area contributed by atoms with Crippen LogP contribution in [0.15, 0.2) is 24.3 Å². The summed E-state index contributed by atoms with van der Waals surface area (Å²) in [7, 11) is 1.71. The lowest BCUT2D eigenvalue weighted by Gasteiger charge is -2.47. The molecule has 2 fully saturated rings. The zero-order chi connectivity index (χ0) is 13.8. The molecule has 1 aromatic rings. The molecule has 0 saturated carbocycles. The fourth-order valence-corrected chi connectivity index (χ4v) is 3.08. The monoisotopic (exact) mass is 275 g/mol. The van der Waals surface area contributed by atoms with Crippen molar-refractivity contribution >= 4 is 0 Å². The molecule has 3 rings (SSSR count). The number of hydrogen-bond acceptors (Lipinski definition) is 4. The number of rotatable bonds is 5. The highest BCUT2D eigenvalue weighted by Gasteiger charge is 2.31. The smallest absolute Gasteiger partial charge is 0.118 e. The lowest BCUT2D eigenvalue weighted by molar-refractivity contribution is 0.0282. The Morgan fingerprint density at radius 1 is 1.15 bits per heavy atom. The SMILES string of the molecule is COc1ccc(CCN2CC(N3CCNCC3)C2)cc1. The highest BCUT2D eigenvalue weighted by molar-refractivity contribution is 5.27. The fourth-order valence-electron chi connectivity index (χ4n) is 3.08. The van der Waals surface area contributed by atoms with E-state index in [0.717, 1.165) is 31.3 Å². The molecule has 0 spiro atoms. The summed E-state index contributed by atoms with van der Waals surface area (Å²) in [5, 5.41) is 3.42. The maximum Gasteiger partial charge on any atom is 0.118 e. The molecule has 2 heterocycles. The molecular weight excluding hydrogens is 250 g/mol. The topological polar surface area (TPSA) is 27.7 Å². The van der Waals surface area contributed by atoms with Gasteiger partial charge < -0.3 is 10.1 Å². The van der Waals surface area contributed by atoms with E-state index >= 15 is 0 Å². The predicted molar refractivity (Wildman–Crippen MR) is 81.4 cm³/mol. The Hall–Kier alpha value is -1.10. The molecule has 2 aliphatic rings. The van der Waals surface area contributed by atoms with Crippen LogP contribution in [0.5, 0.6) is 5.75 Å². The van der Waals surface area contributed by atoms with Gasteiger partial charge in [0.2, 0.25) is 0 Å². The van der Waals surface area contributed by atoms with Crippen molar-refractivity contribution in [2.45, 2.75) is 12.5 Å². The highest BCUT2D eigenvalue weighted by atomic mass is 16.5. The predicted octanol–water partition coefficient (Wildman–Crippen LogP) is 0.827. The van der Waals surface area contributed by atoms with E-state index in [2.05, 4.69) is 39.4 Å². The summed E-state index contributed by atoms with van der Waals surface area (Å²) < 4.78 is 5.19. The van der Waals surface area contributed by atoms with Crippen molar-refractivity contribution in [3.05, 3.63) is 29.8 Å². The third kappa shape index (κ3) is 3.32. The minimum atomic E-state index is 0.799. The molecule has 0 aliphatic carbocycles. The standard InChI is InChI=1S/C16H25N3O/c1-20-16-4-2-14(3-5-16)6-9-18-12-15(13-18)19-10-7-17-8-11-19/h2-5,15,17H,6-13H2,1H3. The van der Waals surface area contributed by atoms with Gasteiger partial charge in [0.25, 0.3) is 0 Å². The molecule has 0 radical (unpaired) electrons. The second-order valence-corrected chi connectivity index (χ2v) is 5.80. The number of hydrogen-bond donors (Lipinski definition) is 1. The van der Waals surface area contributed by atoms with Crippen LogP contribution in [-0.2, 0) is 6.42 Å². The van der Waals surface area contributed by atoms with E-state index in [9.17, 15) is 0 Å². The first-order valence-corrected chi connectivity index (χ1v) is 7.65. The van der Waals surface area contributed by atoms with Gasteiger partial charge in [-0.25, -0.2) is 0 Å². The van der Waals surface area contributed by atoms with Gasteiger partial charge in [-0.3, -0.25) is 9.80 Å². The van der Waals surface area contributed by atoms with Crippen LogP contribution in [0.3, 0.4) is 0 Å². The van der Waals surface area contributed by atoms with Crippen LogP contribution < -0.4 is 10.1 Å². The van der Waals surface area contributed by atoms with Crippen LogP contribution in [0, 0.1) is 0 Å². The third-order valence-corrected chi connectivity index (χ3v) is 4.48. The lowest BCUT2D eigenvalue weighted by Crippen LogP contribution is -2.62. The van der Waals surface area contributed by atoms with E-state index in [0.29, 0.717) is 0 Å². The molecule has 4 heteroatoms. The molecule has 0 unspecified atom stereocenters. The number of nitrogens with one attached hydrogen (secondary N) is 1. The van der Waals surface area contributed by atoms with Gasteiger partial charge in [-0.05, 0) is 24.1 Å². The van der Waals surface area contributed by atoms with Gasteiger partial charge >= 0.3 is 0 Å². The quantitative estimate of drug-likeness (QED) is 0.861. The van der Waals surface area contributed by atoms with Gasteiger partial charge in [0.1, 0.15) is 5.75 Å². The lowest BCUT2D eigenvalue weighted by atomic mass is 10.0. The Balaban J connectivity index is 1.38. The summed E-state index contributed by atoms with van der Waals surface area (Å²) in [5.41, 5.74) is 1.40. The summed E-state index contributed by atoms with van der Waals surface area (Å²) in [6.07, 6.45) is 1.14. The summed E-state index contributed by atoms with van der Waals surface area (Å²) in [6.45, 7) is 8.42. The van der Waals surface area contributed by atoms with E-state index in [-0.39, 0.29) is 0 Å². The fraction of sp³-hybridized carbons (Fsp3) is 0.625. The van der Waals surface area contributed by atoms with Gasteiger partial charge in [0.05, 0.1) is 7.11 Å². The average molecular weight is 275 g/mol. The minimum absolute atomic E-state index is 0.799. The van der Waals surface area contributed by atoms with Crippen molar-refractivity contribution in [2.75, 3.05) is 52.9 Å². The zero-order valence-electron chi connectivity index (χ0n) is 12.3. The van der Waals surface area contributed by atoms with Crippen molar-refractivity contribution in [3.8, 4) is 5.75 Å². The molecule has 0 aromatic heterocycles. The van der Waals surface area contributed by atoms with E-state index in [1.807, 2.05) is 0 Å². The first-order valence-electron chi connectivity index (χ1n) is 7.65. The molecule has 1 N–H and O–H groups in total. The molecule has 20 heavy (non-hydrogen) atoms. The van der Waals surface area contributed by atoms with Gasteiger partial charge in [0.15, 0.2) is 0 Å². The van der Waals surface area contributed by atoms with Crippen molar-refractivity contribution < 1.29 is 4.74 Å². The molecule has 2 saturated heterocycles. The van der Waals surface area contributed by atoms with Crippen molar-refractivity contribution in [1.82, 2.24) is 15.1 Å². The van der Waals surface area contributed by atoms with Crippen LogP contribution in [-0.4, -0.2) is 68.8 Å². The molecule has 4 nitrogen and oxygen atoms in total. The molecule has 0 atom stereocenters. The van der Waals surface area contributed by atoms with Crippen LogP contribution in [0.2, 0.25) is 0 Å². The second-order valence-electron chi connectivity index (χ2n) is 5.80. The van der Waals surface area contributed by atoms with E-state index in [4.69, 9.17) is 4.74 Å². The van der Waals surface area contributed by atoms with E-state index in [1.165, 1.54) is 38.3 Å². The Morgan fingerprint density at radius 3 is 2.50 bits per heavy atom. The maximum absolute atomic E-state index is 5.19. The van der Waals surface area contributed by atoms with Gasteiger partial charge in [0, 0.05) is 51.9 Å². The number of benzene rings is 1. The van der Waals surface area contributed by atoms with Crippen LogP contribution in [0.4, 0.5) is 0 Å². The highest BCUT2D eigenvalue weighted by Crippen LogP contribution is 2.17. The third-order valence-electron chi connectivity index (χ3n) is 4.48. The summed E-state index contributed by atoms with van der Waals surface area (Å²) in [6, 6.07) is 9.25. The molecule has 1 aromatic carbocycles. The van der Waals surface area contributed by atoms with Crippen LogP contribution in [0.25, 0.3) is 0 Å². The molecule has 2 aliphatic heterocycles. The van der Waals surface area contributed by atoms with Crippen molar-refractivity contribution in [3.63, 3.8) is 0 Å². The molecule has 110 valence electrons.